The van der Waals surface area contributed by atoms with Gasteiger partial charge in [0.25, 0.3) is 0 Å². The van der Waals surface area contributed by atoms with Gasteiger partial charge in [0.15, 0.2) is 6.10 Å². The molecule has 2 aliphatic heterocycles. The fourth-order valence-corrected chi connectivity index (χ4v) is 5.32. The normalized spacial score (nSPS) is 20.2. The Kier molecular flexibility index (Phi) is 5.90. The van der Waals surface area contributed by atoms with Gasteiger partial charge in [0.05, 0.1) is 10.7 Å². The van der Waals surface area contributed by atoms with Crippen LogP contribution in [0.1, 0.15) is 53.1 Å². The van der Waals surface area contributed by atoms with Crippen LogP contribution in [-0.2, 0) is 9.63 Å². The van der Waals surface area contributed by atoms with E-state index in [0.717, 1.165) is 53.5 Å². The van der Waals surface area contributed by atoms with Crippen molar-refractivity contribution in [3.8, 4) is 0 Å². The lowest BCUT2D eigenvalue weighted by Crippen LogP contribution is -2.38. The number of hydrogen-bond donors (Lipinski definition) is 0. The van der Waals surface area contributed by atoms with Gasteiger partial charge in [-0.25, -0.2) is 4.98 Å². The molecule has 1 aromatic carbocycles. The Hall–Kier alpha value is -1.63. The first-order chi connectivity index (χ1) is 13.6. The molecule has 0 saturated carbocycles. The summed E-state index contributed by atoms with van der Waals surface area (Å²) >= 11 is 13.7. The fourth-order valence-electron chi connectivity index (χ4n) is 3.80. The molecule has 0 spiro atoms. The number of piperidine rings is 1. The Bertz CT molecular complexity index is 886. The van der Waals surface area contributed by atoms with E-state index in [4.69, 9.17) is 33.0 Å². The smallest absolute Gasteiger partial charge is 0.237 e. The third-order valence-corrected chi connectivity index (χ3v) is 6.96. The molecule has 1 unspecified atom stereocenters. The molecule has 1 aromatic heterocycles. The van der Waals surface area contributed by atoms with Gasteiger partial charge in [-0.3, -0.25) is 4.79 Å². The molecule has 2 aliphatic rings. The molecule has 1 fully saturated rings. The number of amides is 1. The van der Waals surface area contributed by atoms with Gasteiger partial charge in [-0.1, -0.05) is 28.9 Å². The van der Waals surface area contributed by atoms with Crippen LogP contribution in [0.25, 0.3) is 0 Å². The number of alkyl halides is 1. The number of likely N-dealkylation sites (tertiary alicyclic amines) is 1. The van der Waals surface area contributed by atoms with Crippen molar-refractivity contribution in [2.75, 3.05) is 19.0 Å². The first-order valence-corrected chi connectivity index (χ1v) is 11.1. The van der Waals surface area contributed by atoms with E-state index < -0.39 is 0 Å². The van der Waals surface area contributed by atoms with E-state index in [0.29, 0.717) is 17.4 Å². The Balaban J connectivity index is 1.41. The van der Waals surface area contributed by atoms with E-state index in [-0.39, 0.29) is 17.9 Å². The minimum Gasteiger partial charge on any atom is -0.387 e. The summed E-state index contributed by atoms with van der Waals surface area (Å²) in [5.74, 6) is 0.443. The SMILES string of the molecule is Cc1cccc(Cl)c1C1CC(c2csc(C3CCN(C(=O)CCl)CC3)n2)=NO1. The second-order valence-corrected chi connectivity index (χ2v) is 8.73. The van der Waals surface area contributed by atoms with Crippen molar-refractivity contribution in [3.63, 3.8) is 0 Å². The average Bonchev–Trinajstić information content (AvgIpc) is 3.37. The highest BCUT2D eigenvalue weighted by molar-refractivity contribution is 7.10. The zero-order chi connectivity index (χ0) is 19.7. The highest BCUT2D eigenvalue weighted by Crippen LogP contribution is 2.37. The number of rotatable bonds is 4. The minimum atomic E-state index is -0.168. The van der Waals surface area contributed by atoms with Crippen LogP contribution >= 0.6 is 34.5 Å². The van der Waals surface area contributed by atoms with Crippen molar-refractivity contribution in [2.24, 2.45) is 5.16 Å². The first-order valence-electron chi connectivity index (χ1n) is 9.34. The van der Waals surface area contributed by atoms with Crippen LogP contribution < -0.4 is 0 Å². The highest BCUT2D eigenvalue weighted by Gasteiger charge is 2.30. The number of benzene rings is 1. The molecular formula is C20H21Cl2N3O2S. The van der Waals surface area contributed by atoms with Gasteiger partial charge in [0.1, 0.15) is 11.6 Å². The number of aromatic nitrogens is 1. The predicted molar refractivity (Wildman–Crippen MR) is 113 cm³/mol. The number of halogens is 2. The lowest BCUT2D eigenvalue weighted by Gasteiger charge is -2.30. The molecule has 1 saturated heterocycles. The van der Waals surface area contributed by atoms with Crippen molar-refractivity contribution in [1.82, 2.24) is 9.88 Å². The van der Waals surface area contributed by atoms with E-state index >= 15 is 0 Å². The number of carbonyl (C=O) groups is 1. The maximum atomic E-state index is 11.7. The third-order valence-electron chi connectivity index (χ3n) is 5.39. The Morgan fingerprint density at radius 3 is 2.86 bits per heavy atom. The van der Waals surface area contributed by atoms with Crippen LogP contribution in [-0.4, -0.2) is 40.5 Å². The summed E-state index contributed by atoms with van der Waals surface area (Å²) in [5.41, 5.74) is 3.84. The second kappa shape index (κ2) is 8.39. The molecule has 1 amide bonds. The average molecular weight is 438 g/mol. The number of hydrogen-bond acceptors (Lipinski definition) is 5. The quantitative estimate of drug-likeness (QED) is 0.637. The molecule has 0 radical (unpaired) electrons. The van der Waals surface area contributed by atoms with Gasteiger partial charge in [-0.15, -0.1) is 22.9 Å². The van der Waals surface area contributed by atoms with Crippen molar-refractivity contribution in [3.05, 3.63) is 50.4 Å². The molecule has 4 rings (SSSR count). The fraction of sp³-hybridized carbons (Fsp3) is 0.450. The van der Waals surface area contributed by atoms with Gasteiger partial charge in [0.2, 0.25) is 5.91 Å². The first kappa shape index (κ1) is 19.7. The third kappa shape index (κ3) is 3.91. The predicted octanol–water partition coefficient (Wildman–Crippen LogP) is 4.92. The van der Waals surface area contributed by atoms with E-state index in [2.05, 4.69) is 10.5 Å². The minimum absolute atomic E-state index is 0.0123. The summed E-state index contributed by atoms with van der Waals surface area (Å²) in [4.78, 5) is 24.1. The summed E-state index contributed by atoms with van der Waals surface area (Å²) in [6, 6.07) is 5.86. The maximum absolute atomic E-state index is 11.7. The van der Waals surface area contributed by atoms with Crippen molar-refractivity contribution >= 4 is 46.2 Å². The molecule has 1 atom stereocenters. The van der Waals surface area contributed by atoms with Crippen LogP contribution in [0.2, 0.25) is 5.02 Å². The van der Waals surface area contributed by atoms with Gasteiger partial charge < -0.3 is 9.74 Å². The zero-order valence-electron chi connectivity index (χ0n) is 15.5. The number of oxime groups is 1. The van der Waals surface area contributed by atoms with Gasteiger partial charge in [0, 0.05) is 41.4 Å². The molecule has 0 aliphatic carbocycles. The largest absolute Gasteiger partial charge is 0.387 e. The van der Waals surface area contributed by atoms with Crippen molar-refractivity contribution in [1.29, 1.82) is 0 Å². The van der Waals surface area contributed by atoms with Crippen LogP contribution in [0.3, 0.4) is 0 Å². The van der Waals surface area contributed by atoms with Gasteiger partial charge in [-0.2, -0.15) is 0 Å². The van der Waals surface area contributed by atoms with E-state index in [9.17, 15) is 4.79 Å². The van der Waals surface area contributed by atoms with Crippen LogP contribution in [0, 0.1) is 6.92 Å². The van der Waals surface area contributed by atoms with Crippen LogP contribution in [0.15, 0.2) is 28.7 Å². The summed E-state index contributed by atoms with van der Waals surface area (Å²) in [6.07, 6.45) is 2.33. The Morgan fingerprint density at radius 1 is 1.36 bits per heavy atom. The number of thiazole rings is 1. The molecule has 2 aromatic rings. The van der Waals surface area contributed by atoms with Crippen LogP contribution in [0.5, 0.6) is 0 Å². The molecule has 5 nitrogen and oxygen atoms in total. The van der Waals surface area contributed by atoms with E-state index in [1.165, 1.54) is 0 Å². The van der Waals surface area contributed by atoms with E-state index in [1.807, 2.05) is 30.0 Å². The van der Waals surface area contributed by atoms with Gasteiger partial charge in [-0.05, 0) is 31.4 Å². The molecule has 148 valence electrons. The summed E-state index contributed by atoms with van der Waals surface area (Å²) < 4.78 is 0. The zero-order valence-corrected chi connectivity index (χ0v) is 17.9. The van der Waals surface area contributed by atoms with Crippen LogP contribution in [0.4, 0.5) is 0 Å². The second-order valence-electron chi connectivity index (χ2n) is 7.17. The number of nitrogens with zero attached hydrogens (tertiary/aromatic N) is 3. The summed E-state index contributed by atoms with van der Waals surface area (Å²) in [7, 11) is 0. The molecule has 0 N–H and O–H groups in total. The van der Waals surface area contributed by atoms with Crippen molar-refractivity contribution < 1.29 is 9.63 Å². The van der Waals surface area contributed by atoms with Crippen molar-refractivity contribution in [2.45, 2.75) is 38.2 Å². The number of carbonyl (C=O) groups excluding carboxylic acids is 1. The lowest BCUT2D eigenvalue weighted by atomic mass is 9.97. The highest BCUT2D eigenvalue weighted by atomic mass is 35.5. The molecular weight excluding hydrogens is 417 g/mol. The lowest BCUT2D eigenvalue weighted by molar-refractivity contribution is -0.129. The molecule has 0 bridgehead atoms. The maximum Gasteiger partial charge on any atom is 0.237 e. The Morgan fingerprint density at radius 2 is 2.14 bits per heavy atom. The topological polar surface area (TPSA) is 54.8 Å². The molecule has 28 heavy (non-hydrogen) atoms. The Labute approximate surface area is 178 Å². The molecule has 3 heterocycles. The van der Waals surface area contributed by atoms with Gasteiger partial charge >= 0.3 is 0 Å². The standard InChI is InChI=1S/C20H21Cl2N3O2S/c1-12-3-2-4-14(22)19(12)17-9-15(24-27-17)16-11-28-20(23-16)13-5-7-25(8-6-13)18(26)10-21/h2-4,11,13,17H,5-10H2,1H3. The summed E-state index contributed by atoms with van der Waals surface area (Å²) in [5, 5.41) is 8.15. The summed E-state index contributed by atoms with van der Waals surface area (Å²) in [6.45, 7) is 3.51. The van der Waals surface area contributed by atoms with E-state index in [1.54, 1.807) is 11.3 Å². The number of aryl methyl sites for hydroxylation is 1. The monoisotopic (exact) mass is 437 g/mol. The molecule has 8 heteroatoms.